The Balaban J connectivity index is 1.84. The summed E-state index contributed by atoms with van der Waals surface area (Å²) in [7, 11) is 0. The predicted molar refractivity (Wildman–Crippen MR) is 68.7 cm³/mol. The minimum Gasteiger partial charge on any atom is -0.349 e. The molecule has 4 heteroatoms. The van der Waals surface area contributed by atoms with E-state index in [0.29, 0.717) is 13.1 Å². The molecule has 1 unspecified atom stereocenters. The lowest BCUT2D eigenvalue weighted by Crippen LogP contribution is -2.55. The van der Waals surface area contributed by atoms with Gasteiger partial charge in [-0.2, -0.15) is 0 Å². The number of carbonyl (C=O) groups excluding carboxylic acids is 2. The van der Waals surface area contributed by atoms with Crippen LogP contribution in [0.2, 0.25) is 0 Å². The number of nitrogens with one attached hydrogen (secondary N) is 1. The molecule has 1 aromatic rings. The molecular formula is C14H18N2O2. The monoisotopic (exact) mass is 246 g/mol. The standard InChI is InChI=1S/C14H18N2O2/c1-10(12-6-4-3-5-7-12)15-14(18)13-8-16(9-13)11(2)17/h3-7,10,13H,8-9H2,1-2H3,(H,15,18). The summed E-state index contributed by atoms with van der Waals surface area (Å²) in [5, 5.41) is 2.98. The third-order valence-electron chi connectivity index (χ3n) is 3.36. The summed E-state index contributed by atoms with van der Waals surface area (Å²) in [6.07, 6.45) is 0. The minimum absolute atomic E-state index is 0.00470. The van der Waals surface area contributed by atoms with E-state index in [4.69, 9.17) is 0 Å². The summed E-state index contributed by atoms with van der Waals surface area (Å²) in [6.45, 7) is 4.58. The smallest absolute Gasteiger partial charge is 0.227 e. The third kappa shape index (κ3) is 2.70. The largest absolute Gasteiger partial charge is 0.349 e. The molecule has 1 atom stereocenters. The summed E-state index contributed by atoms with van der Waals surface area (Å²) in [5.41, 5.74) is 1.09. The molecule has 1 saturated heterocycles. The summed E-state index contributed by atoms with van der Waals surface area (Å²) in [4.78, 5) is 24.6. The first-order valence-electron chi connectivity index (χ1n) is 6.18. The molecule has 1 aromatic carbocycles. The van der Waals surface area contributed by atoms with Crippen molar-refractivity contribution < 1.29 is 9.59 Å². The number of benzene rings is 1. The Hall–Kier alpha value is -1.84. The fraction of sp³-hybridized carbons (Fsp3) is 0.429. The van der Waals surface area contributed by atoms with Crippen molar-refractivity contribution in [3.63, 3.8) is 0 Å². The van der Waals surface area contributed by atoms with Crippen molar-refractivity contribution in [3.05, 3.63) is 35.9 Å². The van der Waals surface area contributed by atoms with E-state index in [0.717, 1.165) is 5.56 Å². The zero-order chi connectivity index (χ0) is 13.1. The van der Waals surface area contributed by atoms with Gasteiger partial charge in [-0.3, -0.25) is 9.59 Å². The van der Waals surface area contributed by atoms with Crippen LogP contribution >= 0.6 is 0 Å². The van der Waals surface area contributed by atoms with Crippen LogP contribution in [0.25, 0.3) is 0 Å². The number of nitrogens with zero attached hydrogens (tertiary/aromatic N) is 1. The molecule has 0 spiro atoms. The van der Waals surface area contributed by atoms with Crippen molar-refractivity contribution in [2.45, 2.75) is 19.9 Å². The van der Waals surface area contributed by atoms with E-state index >= 15 is 0 Å². The summed E-state index contributed by atoms with van der Waals surface area (Å²) >= 11 is 0. The Kier molecular flexibility index (Phi) is 3.65. The normalized spacial score (nSPS) is 16.9. The van der Waals surface area contributed by atoms with Gasteiger partial charge in [-0.1, -0.05) is 30.3 Å². The van der Waals surface area contributed by atoms with Crippen molar-refractivity contribution in [1.82, 2.24) is 10.2 Å². The second kappa shape index (κ2) is 5.21. The highest BCUT2D eigenvalue weighted by atomic mass is 16.2. The lowest BCUT2D eigenvalue weighted by molar-refractivity contribution is -0.141. The van der Waals surface area contributed by atoms with Crippen LogP contribution in [0, 0.1) is 5.92 Å². The van der Waals surface area contributed by atoms with Gasteiger partial charge in [0, 0.05) is 20.0 Å². The first-order valence-corrected chi connectivity index (χ1v) is 6.18. The van der Waals surface area contributed by atoms with Gasteiger partial charge in [0.15, 0.2) is 0 Å². The Morgan fingerprint density at radius 1 is 1.28 bits per heavy atom. The van der Waals surface area contributed by atoms with Crippen molar-refractivity contribution in [1.29, 1.82) is 0 Å². The van der Waals surface area contributed by atoms with Crippen LogP contribution in [-0.4, -0.2) is 29.8 Å². The summed E-state index contributed by atoms with van der Waals surface area (Å²) < 4.78 is 0. The topological polar surface area (TPSA) is 49.4 Å². The van der Waals surface area contributed by atoms with E-state index in [1.54, 1.807) is 4.90 Å². The Morgan fingerprint density at radius 2 is 1.89 bits per heavy atom. The molecule has 4 nitrogen and oxygen atoms in total. The van der Waals surface area contributed by atoms with Gasteiger partial charge in [-0.25, -0.2) is 0 Å². The Labute approximate surface area is 107 Å². The number of amides is 2. The molecule has 0 radical (unpaired) electrons. The molecule has 1 heterocycles. The molecular weight excluding hydrogens is 228 g/mol. The van der Waals surface area contributed by atoms with Gasteiger partial charge in [-0.05, 0) is 12.5 Å². The molecule has 2 amide bonds. The molecule has 0 saturated carbocycles. The Bertz CT molecular complexity index is 438. The SMILES string of the molecule is CC(=O)N1CC(C(=O)NC(C)c2ccccc2)C1. The molecule has 0 aliphatic carbocycles. The van der Waals surface area contributed by atoms with Crippen LogP contribution in [0.15, 0.2) is 30.3 Å². The van der Waals surface area contributed by atoms with Crippen molar-refractivity contribution in [2.75, 3.05) is 13.1 Å². The van der Waals surface area contributed by atoms with Crippen LogP contribution < -0.4 is 5.32 Å². The zero-order valence-electron chi connectivity index (χ0n) is 10.7. The maximum Gasteiger partial charge on any atom is 0.227 e. The third-order valence-corrected chi connectivity index (χ3v) is 3.36. The number of rotatable bonds is 3. The quantitative estimate of drug-likeness (QED) is 0.875. The highest BCUT2D eigenvalue weighted by Crippen LogP contribution is 2.18. The molecule has 18 heavy (non-hydrogen) atoms. The number of hydrogen-bond donors (Lipinski definition) is 1. The molecule has 1 aliphatic heterocycles. The average Bonchev–Trinajstić information content (AvgIpc) is 2.27. The van der Waals surface area contributed by atoms with E-state index in [9.17, 15) is 9.59 Å². The van der Waals surface area contributed by atoms with Gasteiger partial charge >= 0.3 is 0 Å². The highest BCUT2D eigenvalue weighted by Gasteiger charge is 2.34. The van der Waals surface area contributed by atoms with E-state index < -0.39 is 0 Å². The van der Waals surface area contributed by atoms with Gasteiger partial charge in [0.25, 0.3) is 0 Å². The number of likely N-dealkylation sites (tertiary alicyclic amines) is 1. The van der Waals surface area contributed by atoms with Crippen LogP contribution in [0.4, 0.5) is 0 Å². The number of hydrogen-bond acceptors (Lipinski definition) is 2. The average molecular weight is 246 g/mol. The van der Waals surface area contributed by atoms with Crippen molar-refractivity contribution in [2.24, 2.45) is 5.92 Å². The van der Waals surface area contributed by atoms with Gasteiger partial charge in [-0.15, -0.1) is 0 Å². The lowest BCUT2D eigenvalue weighted by Gasteiger charge is -2.38. The van der Waals surface area contributed by atoms with E-state index in [-0.39, 0.29) is 23.8 Å². The molecule has 1 N–H and O–H groups in total. The van der Waals surface area contributed by atoms with Crippen LogP contribution in [0.1, 0.15) is 25.5 Å². The molecule has 0 aromatic heterocycles. The van der Waals surface area contributed by atoms with Gasteiger partial charge in [0.05, 0.1) is 12.0 Å². The predicted octanol–water partition coefficient (Wildman–Crippen LogP) is 1.34. The highest BCUT2D eigenvalue weighted by molar-refractivity contribution is 5.83. The van der Waals surface area contributed by atoms with Gasteiger partial charge in [0.1, 0.15) is 0 Å². The van der Waals surface area contributed by atoms with Crippen LogP contribution in [-0.2, 0) is 9.59 Å². The second-order valence-corrected chi connectivity index (χ2v) is 4.76. The van der Waals surface area contributed by atoms with Gasteiger partial charge < -0.3 is 10.2 Å². The molecule has 96 valence electrons. The maximum atomic E-state index is 11.9. The van der Waals surface area contributed by atoms with Crippen LogP contribution in [0.5, 0.6) is 0 Å². The van der Waals surface area contributed by atoms with Crippen molar-refractivity contribution >= 4 is 11.8 Å². The first-order chi connectivity index (χ1) is 8.58. The van der Waals surface area contributed by atoms with E-state index in [1.165, 1.54) is 6.92 Å². The summed E-state index contributed by atoms with van der Waals surface area (Å²) in [5.74, 6) is 0.0130. The fourth-order valence-corrected chi connectivity index (χ4v) is 2.06. The van der Waals surface area contributed by atoms with E-state index in [1.807, 2.05) is 37.3 Å². The second-order valence-electron chi connectivity index (χ2n) is 4.76. The van der Waals surface area contributed by atoms with Gasteiger partial charge in [0.2, 0.25) is 11.8 Å². The van der Waals surface area contributed by atoms with Crippen molar-refractivity contribution in [3.8, 4) is 0 Å². The molecule has 1 aliphatic rings. The molecule has 1 fully saturated rings. The summed E-state index contributed by atoms with van der Waals surface area (Å²) in [6, 6.07) is 9.86. The minimum atomic E-state index is -0.0555. The molecule has 0 bridgehead atoms. The van der Waals surface area contributed by atoms with Crippen LogP contribution in [0.3, 0.4) is 0 Å². The fourth-order valence-electron chi connectivity index (χ4n) is 2.06. The van der Waals surface area contributed by atoms with E-state index in [2.05, 4.69) is 5.32 Å². The Morgan fingerprint density at radius 3 is 2.44 bits per heavy atom. The zero-order valence-corrected chi connectivity index (χ0v) is 10.7. The lowest BCUT2D eigenvalue weighted by atomic mass is 9.98. The molecule has 2 rings (SSSR count). The number of carbonyl (C=O) groups is 2. The maximum absolute atomic E-state index is 11.9. The first kappa shape index (κ1) is 12.6.